The van der Waals surface area contributed by atoms with Crippen LogP contribution in [0.25, 0.3) is 11.1 Å². The van der Waals surface area contributed by atoms with E-state index in [2.05, 4.69) is 47.8 Å². The highest BCUT2D eigenvalue weighted by atomic mass is 16.5. The number of hydrogen-bond acceptors (Lipinski definition) is 4. The van der Waals surface area contributed by atoms with Crippen LogP contribution in [0.3, 0.4) is 0 Å². The van der Waals surface area contributed by atoms with E-state index >= 15 is 0 Å². The number of nitrogen functional groups attached to an aromatic ring is 1. The lowest BCUT2D eigenvalue weighted by molar-refractivity contribution is 0.344. The van der Waals surface area contributed by atoms with Crippen LogP contribution in [-0.4, -0.2) is 18.1 Å². The summed E-state index contributed by atoms with van der Waals surface area (Å²) in [6.45, 7) is 0. The van der Waals surface area contributed by atoms with E-state index in [4.69, 9.17) is 15.9 Å². The topological polar surface area (TPSA) is 91.4 Å². The zero-order valence-corrected chi connectivity index (χ0v) is 20.2. The Hall–Kier alpha value is -4.25. The standard InChI is InChI=1S/C31H29N3O2/c1-36-28-17-24(23(16-27(28)35)18-7-3-2-4-8-18)30-22-13-11-19-9-5-6-10-21(19)29(22)25-15-20(31(32)33)12-14-26(25)34-30/h2-10,12,14-17,22,29-30,34-35H,11,13H2,1H3,(H3,32,33). The monoisotopic (exact) mass is 475 g/mol. The molecule has 0 saturated heterocycles. The van der Waals surface area contributed by atoms with E-state index in [1.807, 2.05) is 42.5 Å². The van der Waals surface area contributed by atoms with Crippen molar-refractivity contribution in [2.24, 2.45) is 11.7 Å². The molecule has 1 aliphatic carbocycles. The van der Waals surface area contributed by atoms with Gasteiger partial charge in [-0.2, -0.15) is 0 Å². The molecule has 1 heterocycles. The Morgan fingerprint density at radius 1 is 0.944 bits per heavy atom. The van der Waals surface area contributed by atoms with E-state index in [1.165, 1.54) is 16.7 Å². The molecule has 4 aromatic rings. The number of aromatic hydroxyl groups is 1. The largest absolute Gasteiger partial charge is 0.504 e. The molecule has 0 radical (unpaired) electrons. The van der Waals surface area contributed by atoms with Crippen LogP contribution in [0, 0.1) is 11.3 Å². The van der Waals surface area contributed by atoms with Crippen molar-refractivity contribution in [2.45, 2.75) is 24.8 Å². The summed E-state index contributed by atoms with van der Waals surface area (Å²) in [5, 5.41) is 22.6. The molecule has 5 heteroatoms. The van der Waals surface area contributed by atoms with Crippen molar-refractivity contribution in [3.8, 4) is 22.6 Å². The SMILES string of the molecule is COc1cc(C2Nc3ccc(C(=N)N)cc3C3c4ccccc4CCC23)c(-c2ccccc2)cc1O. The van der Waals surface area contributed by atoms with Crippen molar-refractivity contribution in [2.75, 3.05) is 12.4 Å². The zero-order valence-electron chi connectivity index (χ0n) is 20.2. The van der Waals surface area contributed by atoms with Crippen molar-refractivity contribution in [1.29, 1.82) is 5.41 Å². The van der Waals surface area contributed by atoms with Gasteiger partial charge in [0.15, 0.2) is 11.5 Å². The van der Waals surface area contributed by atoms with Crippen LogP contribution in [0.15, 0.2) is 84.9 Å². The number of benzene rings is 4. The van der Waals surface area contributed by atoms with Gasteiger partial charge in [0.2, 0.25) is 0 Å². The van der Waals surface area contributed by atoms with E-state index in [-0.39, 0.29) is 29.5 Å². The highest BCUT2D eigenvalue weighted by Gasteiger charge is 2.42. The fourth-order valence-corrected chi connectivity index (χ4v) is 6.12. The quantitative estimate of drug-likeness (QED) is 0.208. The highest BCUT2D eigenvalue weighted by molar-refractivity contribution is 5.95. The third kappa shape index (κ3) is 3.59. The third-order valence-electron chi connectivity index (χ3n) is 7.77. The van der Waals surface area contributed by atoms with Crippen molar-refractivity contribution in [3.05, 3.63) is 113 Å². The van der Waals surface area contributed by atoms with Gasteiger partial charge >= 0.3 is 0 Å². The number of aryl methyl sites for hydroxylation is 1. The van der Waals surface area contributed by atoms with Gasteiger partial charge in [0.1, 0.15) is 5.84 Å². The molecule has 5 nitrogen and oxygen atoms in total. The first-order chi connectivity index (χ1) is 17.5. The highest BCUT2D eigenvalue weighted by Crippen LogP contribution is 2.54. The summed E-state index contributed by atoms with van der Waals surface area (Å²) in [5.41, 5.74) is 14.7. The maximum atomic E-state index is 10.7. The second-order valence-corrected chi connectivity index (χ2v) is 9.69. The molecular formula is C31H29N3O2. The number of nitrogens with one attached hydrogen (secondary N) is 2. The van der Waals surface area contributed by atoms with Crippen LogP contribution in [0.2, 0.25) is 0 Å². The molecule has 3 unspecified atom stereocenters. The van der Waals surface area contributed by atoms with Gasteiger partial charge in [0.05, 0.1) is 13.2 Å². The van der Waals surface area contributed by atoms with Crippen LogP contribution >= 0.6 is 0 Å². The summed E-state index contributed by atoms with van der Waals surface area (Å²) in [6.07, 6.45) is 2.02. The van der Waals surface area contributed by atoms with Crippen LogP contribution in [0.5, 0.6) is 11.5 Å². The Balaban J connectivity index is 1.58. The van der Waals surface area contributed by atoms with E-state index in [0.29, 0.717) is 5.75 Å². The second kappa shape index (κ2) is 8.76. The number of methoxy groups -OCH3 is 1. The number of rotatable bonds is 4. The van der Waals surface area contributed by atoms with E-state index in [9.17, 15) is 5.11 Å². The Morgan fingerprint density at radius 3 is 2.50 bits per heavy atom. The molecule has 180 valence electrons. The number of anilines is 1. The first kappa shape index (κ1) is 22.2. The van der Waals surface area contributed by atoms with Crippen LogP contribution in [-0.2, 0) is 6.42 Å². The fraction of sp³-hybridized carbons (Fsp3) is 0.194. The number of fused-ring (bicyclic) bond motifs is 5. The van der Waals surface area contributed by atoms with E-state index in [1.54, 1.807) is 7.11 Å². The number of ether oxygens (including phenoxy) is 1. The molecule has 0 saturated carbocycles. The van der Waals surface area contributed by atoms with Crippen molar-refractivity contribution in [3.63, 3.8) is 0 Å². The number of nitrogens with two attached hydrogens (primary N) is 1. The Kier molecular flexibility index (Phi) is 5.41. The van der Waals surface area contributed by atoms with E-state index in [0.717, 1.165) is 40.8 Å². The van der Waals surface area contributed by atoms with Gasteiger partial charge in [-0.15, -0.1) is 0 Å². The fourth-order valence-electron chi connectivity index (χ4n) is 6.12. The van der Waals surface area contributed by atoms with Gasteiger partial charge in [-0.3, -0.25) is 5.41 Å². The Bertz CT molecular complexity index is 1460. The molecule has 3 atom stereocenters. The summed E-state index contributed by atoms with van der Waals surface area (Å²) in [6, 6.07) is 28.8. The van der Waals surface area contributed by atoms with Crippen molar-refractivity contribution < 1.29 is 9.84 Å². The van der Waals surface area contributed by atoms with Gasteiger partial charge in [-0.05, 0) is 82.5 Å². The smallest absolute Gasteiger partial charge is 0.160 e. The third-order valence-corrected chi connectivity index (χ3v) is 7.77. The molecule has 4 aromatic carbocycles. The number of amidine groups is 1. The van der Waals surface area contributed by atoms with Gasteiger partial charge in [0.25, 0.3) is 0 Å². The molecular weight excluding hydrogens is 446 g/mol. The molecule has 0 aromatic heterocycles. The van der Waals surface area contributed by atoms with Crippen LogP contribution < -0.4 is 15.8 Å². The average molecular weight is 476 g/mol. The number of hydrogen-bond donors (Lipinski definition) is 4. The van der Waals surface area contributed by atoms with Gasteiger partial charge < -0.3 is 20.9 Å². The Morgan fingerprint density at radius 2 is 1.72 bits per heavy atom. The normalized spacial score (nSPS) is 19.9. The minimum Gasteiger partial charge on any atom is -0.504 e. The predicted molar refractivity (Wildman–Crippen MR) is 144 cm³/mol. The predicted octanol–water partition coefficient (Wildman–Crippen LogP) is 6.21. The zero-order chi connectivity index (χ0) is 24.8. The van der Waals surface area contributed by atoms with Crippen LogP contribution in [0.1, 0.15) is 46.2 Å². The summed E-state index contributed by atoms with van der Waals surface area (Å²) in [5.74, 6) is 1.12. The molecule has 2 aliphatic rings. The average Bonchev–Trinajstić information content (AvgIpc) is 2.92. The molecule has 0 fully saturated rings. The second-order valence-electron chi connectivity index (χ2n) is 9.69. The van der Waals surface area contributed by atoms with Crippen molar-refractivity contribution in [1.82, 2.24) is 0 Å². The summed E-state index contributed by atoms with van der Waals surface area (Å²) in [4.78, 5) is 0. The molecule has 5 N–H and O–H groups in total. The molecule has 36 heavy (non-hydrogen) atoms. The minimum atomic E-state index is 0.00346. The Labute approximate surface area is 211 Å². The maximum absolute atomic E-state index is 10.7. The lowest BCUT2D eigenvalue weighted by Gasteiger charge is -2.45. The van der Waals surface area contributed by atoms with Gasteiger partial charge in [-0.1, -0.05) is 54.6 Å². The number of phenols is 1. The van der Waals surface area contributed by atoms with Crippen molar-refractivity contribution >= 4 is 11.5 Å². The molecule has 0 spiro atoms. The summed E-state index contributed by atoms with van der Waals surface area (Å²) in [7, 11) is 1.59. The molecule has 6 rings (SSSR count). The lowest BCUT2D eigenvalue weighted by atomic mass is 9.65. The minimum absolute atomic E-state index is 0.00346. The summed E-state index contributed by atoms with van der Waals surface area (Å²) < 4.78 is 5.56. The molecule has 0 bridgehead atoms. The van der Waals surface area contributed by atoms with Gasteiger partial charge in [0, 0.05) is 17.2 Å². The van der Waals surface area contributed by atoms with Gasteiger partial charge in [-0.25, -0.2) is 0 Å². The number of phenolic OH excluding ortho intramolecular Hbond substituents is 1. The molecule has 1 aliphatic heterocycles. The van der Waals surface area contributed by atoms with E-state index < -0.39 is 0 Å². The first-order valence-electron chi connectivity index (χ1n) is 12.3. The first-order valence-corrected chi connectivity index (χ1v) is 12.3. The maximum Gasteiger partial charge on any atom is 0.160 e. The molecule has 0 amide bonds. The van der Waals surface area contributed by atoms with Crippen LogP contribution in [0.4, 0.5) is 5.69 Å². The summed E-state index contributed by atoms with van der Waals surface area (Å²) >= 11 is 0. The lowest BCUT2D eigenvalue weighted by Crippen LogP contribution is -2.36.